The van der Waals surface area contributed by atoms with Gasteiger partial charge in [-0.3, -0.25) is 4.79 Å². The fourth-order valence-corrected chi connectivity index (χ4v) is 4.47. The molecule has 1 fully saturated rings. The van der Waals surface area contributed by atoms with Crippen molar-refractivity contribution in [2.75, 3.05) is 19.0 Å². The Kier molecular flexibility index (Phi) is 6.70. The molecule has 2 aromatic rings. The van der Waals surface area contributed by atoms with E-state index in [1.807, 2.05) is 13.0 Å². The number of hydrogen-bond acceptors (Lipinski definition) is 4. The smallest absolute Gasteiger partial charge is 0.341 e. The van der Waals surface area contributed by atoms with Crippen LogP contribution in [-0.2, 0) is 14.9 Å². The van der Waals surface area contributed by atoms with E-state index >= 15 is 0 Å². The number of ether oxygens (including phenoxy) is 2. The number of amides is 1. The number of anilines is 1. The van der Waals surface area contributed by atoms with Crippen LogP contribution in [0, 0.1) is 0 Å². The summed E-state index contributed by atoms with van der Waals surface area (Å²) in [6, 6.07) is 10.2. The van der Waals surface area contributed by atoms with Crippen molar-refractivity contribution in [2.24, 2.45) is 0 Å². The predicted molar refractivity (Wildman–Crippen MR) is 114 cm³/mol. The minimum absolute atomic E-state index is 0.154. The molecule has 0 heterocycles. The highest BCUT2D eigenvalue weighted by Crippen LogP contribution is 2.45. The van der Waals surface area contributed by atoms with E-state index in [0.29, 0.717) is 40.9 Å². The first-order valence-electron chi connectivity index (χ1n) is 9.53. The summed E-state index contributed by atoms with van der Waals surface area (Å²) in [4.78, 5) is 25.5. The lowest BCUT2D eigenvalue weighted by molar-refractivity contribution is -0.121. The first-order chi connectivity index (χ1) is 13.9. The lowest BCUT2D eigenvalue weighted by Crippen LogP contribution is -2.38. The average molecular weight is 436 g/mol. The molecule has 0 unspecified atom stereocenters. The lowest BCUT2D eigenvalue weighted by Gasteiger charge is -2.29. The molecule has 1 aliphatic carbocycles. The maximum absolute atomic E-state index is 13.4. The monoisotopic (exact) mass is 435 g/mol. The molecule has 7 heteroatoms. The Balaban J connectivity index is 1.94. The largest absolute Gasteiger partial charge is 0.493 e. The molecular weight excluding hydrogens is 413 g/mol. The van der Waals surface area contributed by atoms with Crippen LogP contribution in [0.1, 0.15) is 48.5 Å². The number of rotatable bonds is 6. The molecule has 0 aromatic heterocycles. The second-order valence-electron chi connectivity index (χ2n) is 7.00. The van der Waals surface area contributed by atoms with Gasteiger partial charge in [-0.2, -0.15) is 0 Å². The van der Waals surface area contributed by atoms with Gasteiger partial charge in [0.2, 0.25) is 5.91 Å². The van der Waals surface area contributed by atoms with Crippen molar-refractivity contribution in [1.82, 2.24) is 0 Å². The summed E-state index contributed by atoms with van der Waals surface area (Å²) in [5, 5.41) is 3.97. The van der Waals surface area contributed by atoms with Crippen molar-refractivity contribution in [1.29, 1.82) is 0 Å². The van der Waals surface area contributed by atoms with Crippen molar-refractivity contribution >= 4 is 40.8 Å². The molecular formula is C22H23Cl2NO4. The standard InChI is InChI=1S/C22H23Cl2NO4/c1-3-29-19-9-7-15(13-16(19)20(26)28-2)25-21(27)22(10-4-5-11-22)17-8-6-14(23)12-18(17)24/h6-9,12-13H,3-5,10-11H2,1-2H3,(H,25,27). The van der Waals surface area contributed by atoms with Crippen molar-refractivity contribution < 1.29 is 19.1 Å². The maximum atomic E-state index is 13.4. The molecule has 1 aliphatic rings. The van der Waals surface area contributed by atoms with Crippen LogP contribution in [0.2, 0.25) is 10.0 Å². The molecule has 1 N–H and O–H groups in total. The highest BCUT2D eigenvalue weighted by molar-refractivity contribution is 6.35. The van der Waals surface area contributed by atoms with Gasteiger partial charge in [-0.25, -0.2) is 4.79 Å². The summed E-state index contributed by atoms with van der Waals surface area (Å²) in [6.07, 6.45) is 3.26. The average Bonchev–Trinajstić information content (AvgIpc) is 3.19. The van der Waals surface area contributed by atoms with Gasteiger partial charge in [-0.05, 0) is 55.7 Å². The summed E-state index contributed by atoms with van der Waals surface area (Å²) in [7, 11) is 1.30. The molecule has 1 amide bonds. The molecule has 0 atom stereocenters. The van der Waals surface area contributed by atoms with Crippen molar-refractivity contribution in [2.45, 2.75) is 38.0 Å². The zero-order valence-electron chi connectivity index (χ0n) is 16.4. The Morgan fingerprint density at radius 2 is 1.83 bits per heavy atom. The Morgan fingerprint density at radius 1 is 1.10 bits per heavy atom. The first kappa shape index (κ1) is 21.5. The molecule has 0 saturated heterocycles. The summed E-state index contributed by atoms with van der Waals surface area (Å²) in [5.74, 6) is -0.270. The molecule has 0 spiro atoms. The molecule has 5 nitrogen and oxygen atoms in total. The fraction of sp³-hybridized carbons (Fsp3) is 0.364. The van der Waals surface area contributed by atoms with Crippen LogP contribution in [-0.4, -0.2) is 25.6 Å². The molecule has 0 bridgehead atoms. The number of benzene rings is 2. The van der Waals surface area contributed by atoms with Crippen LogP contribution in [0.3, 0.4) is 0 Å². The number of carbonyl (C=O) groups is 2. The van der Waals surface area contributed by atoms with Crippen LogP contribution >= 0.6 is 23.2 Å². The summed E-state index contributed by atoms with van der Waals surface area (Å²) < 4.78 is 10.3. The van der Waals surface area contributed by atoms with Gasteiger partial charge in [-0.1, -0.05) is 42.1 Å². The van der Waals surface area contributed by atoms with E-state index in [2.05, 4.69) is 5.32 Å². The number of esters is 1. The molecule has 3 rings (SSSR count). The van der Waals surface area contributed by atoms with E-state index in [1.165, 1.54) is 7.11 Å². The van der Waals surface area contributed by atoms with Crippen LogP contribution in [0.15, 0.2) is 36.4 Å². The van der Waals surface area contributed by atoms with Gasteiger partial charge in [0, 0.05) is 15.7 Å². The zero-order chi connectivity index (χ0) is 21.0. The Labute approximate surface area is 180 Å². The summed E-state index contributed by atoms with van der Waals surface area (Å²) in [5.41, 5.74) is 0.802. The van der Waals surface area contributed by atoms with Crippen LogP contribution < -0.4 is 10.1 Å². The molecule has 1 saturated carbocycles. The molecule has 0 aliphatic heterocycles. The van der Waals surface area contributed by atoms with Crippen molar-refractivity contribution in [3.8, 4) is 5.75 Å². The van der Waals surface area contributed by atoms with Gasteiger partial charge in [-0.15, -0.1) is 0 Å². The highest BCUT2D eigenvalue weighted by atomic mass is 35.5. The van der Waals surface area contributed by atoms with Gasteiger partial charge >= 0.3 is 5.97 Å². The normalized spacial score (nSPS) is 15.0. The zero-order valence-corrected chi connectivity index (χ0v) is 17.9. The van der Waals surface area contributed by atoms with E-state index in [9.17, 15) is 9.59 Å². The number of halogens is 2. The molecule has 2 aromatic carbocycles. The first-order valence-corrected chi connectivity index (χ1v) is 10.3. The van der Waals surface area contributed by atoms with Crippen LogP contribution in [0.4, 0.5) is 5.69 Å². The predicted octanol–water partition coefficient (Wildman–Crippen LogP) is 5.63. The van der Waals surface area contributed by atoms with E-state index in [4.69, 9.17) is 32.7 Å². The van der Waals surface area contributed by atoms with E-state index in [-0.39, 0.29) is 11.5 Å². The van der Waals surface area contributed by atoms with Gasteiger partial charge < -0.3 is 14.8 Å². The van der Waals surface area contributed by atoms with Crippen LogP contribution in [0.25, 0.3) is 0 Å². The van der Waals surface area contributed by atoms with Gasteiger partial charge in [0.15, 0.2) is 0 Å². The topological polar surface area (TPSA) is 64.6 Å². The Bertz CT molecular complexity index is 923. The number of hydrogen-bond donors (Lipinski definition) is 1. The summed E-state index contributed by atoms with van der Waals surface area (Å²) >= 11 is 12.5. The third-order valence-electron chi connectivity index (χ3n) is 5.28. The quantitative estimate of drug-likeness (QED) is 0.597. The number of carbonyl (C=O) groups excluding carboxylic acids is 2. The SMILES string of the molecule is CCOc1ccc(NC(=O)C2(c3ccc(Cl)cc3Cl)CCCC2)cc1C(=O)OC. The van der Waals surface area contributed by atoms with E-state index in [1.54, 1.807) is 30.3 Å². The van der Waals surface area contributed by atoms with Crippen LogP contribution in [0.5, 0.6) is 5.75 Å². The highest BCUT2D eigenvalue weighted by Gasteiger charge is 2.44. The van der Waals surface area contributed by atoms with Gasteiger partial charge in [0.05, 0.1) is 19.1 Å². The number of nitrogens with one attached hydrogen (secondary N) is 1. The third kappa shape index (κ3) is 4.36. The van der Waals surface area contributed by atoms with Crippen molar-refractivity contribution in [3.05, 3.63) is 57.6 Å². The number of methoxy groups -OCH3 is 1. The maximum Gasteiger partial charge on any atom is 0.341 e. The van der Waals surface area contributed by atoms with E-state index in [0.717, 1.165) is 18.4 Å². The molecule has 154 valence electrons. The van der Waals surface area contributed by atoms with Gasteiger partial charge in [0.25, 0.3) is 0 Å². The minimum atomic E-state index is -0.730. The second kappa shape index (κ2) is 9.06. The minimum Gasteiger partial charge on any atom is -0.493 e. The molecule has 0 radical (unpaired) electrons. The Morgan fingerprint density at radius 3 is 2.45 bits per heavy atom. The fourth-order valence-electron chi connectivity index (χ4n) is 3.88. The van der Waals surface area contributed by atoms with E-state index < -0.39 is 11.4 Å². The van der Waals surface area contributed by atoms with Crippen molar-refractivity contribution in [3.63, 3.8) is 0 Å². The second-order valence-corrected chi connectivity index (χ2v) is 7.85. The molecule has 29 heavy (non-hydrogen) atoms. The lowest BCUT2D eigenvalue weighted by atomic mass is 9.78. The Hall–Kier alpha value is -2.24. The summed E-state index contributed by atoms with van der Waals surface area (Å²) in [6.45, 7) is 2.24. The third-order valence-corrected chi connectivity index (χ3v) is 5.83. The van der Waals surface area contributed by atoms with Gasteiger partial charge in [0.1, 0.15) is 11.3 Å².